The van der Waals surface area contributed by atoms with Crippen LogP contribution in [0, 0.1) is 17.0 Å². The maximum absolute atomic E-state index is 12.0. The van der Waals surface area contributed by atoms with Crippen molar-refractivity contribution >= 4 is 28.7 Å². The molecule has 0 aliphatic heterocycles. The number of aromatic amines is 1. The van der Waals surface area contributed by atoms with E-state index in [0.29, 0.717) is 0 Å². The van der Waals surface area contributed by atoms with Crippen LogP contribution >= 0.6 is 0 Å². The molecule has 0 unspecified atom stereocenters. The van der Waals surface area contributed by atoms with Crippen molar-refractivity contribution in [2.75, 3.05) is 0 Å². The number of pyridine rings is 1. The molecule has 7 heteroatoms. The number of aryl methyl sites for hydroxylation is 1. The second-order valence-electron chi connectivity index (χ2n) is 4.57. The van der Waals surface area contributed by atoms with E-state index in [0.717, 1.165) is 11.6 Å². The summed E-state index contributed by atoms with van der Waals surface area (Å²) in [5.74, 6) is -0.419. The highest BCUT2D eigenvalue weighted by Gasteiger charge is 2.20. The van der Waals surface area contributed by atoms with Crippen LogP contribution in [0.4, 0.5) is 5.82 Å². The zero-order chi connectivity index (χ0) is 14.6. The molecule has 3 rings (SSSR count). The van der Waals surface area contributed by atoms with Gasteiger partial charge < -0.3 is 10.1 Å². The van der Waals surface area contributed by atoms with Gasteiger partial charge in [0.15, 0.2) is 16.4 Å². The van der Waals surface area contributed by atoms with Crippen molar-refractivity contribution in [3.8, 4) is 0 Å². The van der Waals surface area contributed by atoms with E-state index in [1.165, 1.54) is 4.40 Å². The second-order valence-corrected chi connectivity index (χ2v) is 4.57. The summed E-state index contributed by atoms with van der Waals surface area (Å²) in [6.45, 7) is 5.36. The molecule has 0 saturated carbocycles. The lowest BCUT2D eigenvalue weighted by Crippen LogP contribution is -2.29. The third kappa shape index (κ3) is 1.46. The fourth-order valence-corrected chi connectivity index (χ4v) is 2.42. The Kier molecular flexibility index (Phi) is 2.28. The average Bonchev–Trinajstić information content (AvgIpc) is 2.36. The number of H-pyrrole nitrogens is 1. The van der Waals surface area contributed by atoms with E-state index in [9.17, 15) is 19.7 Å². The Balaban J connectivity index is 2.84. The summed E-state index contributed by atoms with van der Waals surface area (Å²) in [6, 6.07) is 4.13. The molecular weight excluding hydrogens is 262 g/mol. The van der Waals surface area contributed by atoms with Crippen LogP contribution in [0.2, 0.25) is 0 Å². The van der Waals surface area contributed by atoms with Crippen molar-refractivity contribution < 1.29 is 4.92 Å². The summed E-state index contributed by atoms with van der Waals surface area (Å²) in [4.78, 5) is 36.9. The van der Waals surface area contributed by atoms with Crippen LogP contribution in [0.1, 0.15) is 5.56 Å². The first-order valence-electron chi connectivity index (χ1n) is 5.75. The predicted octanol–water partition coefficient (Wildman–Crippen LogP) is 0.487. The van der Waals surface area contributed by atoms with Crippen molar-refractivity contribution in [3.05, 3.63) is 59.9 Å². The molecule has 1 N–H and O–H groups in total. The predicted molar refractivity (Wildman–Crippen MR) is 73.9 cm³/mol. The number of aromatic nitrogens is 2. The van der Waals surface area contributed by atoms with Gasteiger partial charge in [0, 0.05) is 0 Å². The first kappa shape index (κ1) is 12.1. The lowest BCUT2D eigenvalue weighted by molar-refractivity contribution is -0.390. The molecule has 0 fully saturated rings. The number of hydrogen-bond acceptors (Lipinski definition) is 4. The van der Waals surface area contributed by atoms with E-state index in [1.54, 1.807) is 19.1 Å². The standard InChI is InChI=1S/C13H9N3O4/c1-6-3-8-10(17)5-11(16(19)20)15-7(2)14-13(18)9(4-6)12(8)15/h3-5H,2H2,1H3,(H,14,18). The molecule has 0 radical (unpaired) electrons. The quantitative estimate of drug-likeness (QED) is 0.514. The van der Waals surface area contributed by atoms with Crippen LogP contribution in [0.5, 0.6) is 0 Å². The molecule has 1 aromatic carbocycles. The summed E-state index contributed by atoms with van der Waals surface area (Å²) in [5, 5.41) is 11.6. The summed E-state index contributed by atoms with van der Waals surface area (Å²) in [7, 11) is 0. The number of nitrogens with zero attached hydrogens (tertiary/aromatic N) is 2. The molecule has 0 spiro atoms. The van der Waals surface area contributed by atoms with E-state index in [4.69, 9.17) is 0 Å². The normalized spacial score (nSPS) is 11.2. The molecule has 20 heavy (non-hydrogen) atoms. The van der Waals surface area contributed by atoms with Crippen molar-refractivity contribution in [2.24, 2.45) is 0 Å². The van der Waals surface area contributed by atoms with E-state index < -0.39 is 21.7 Å². The third-order valence-corrected chi connectivity index (χ3v) is 3.19. The molecule has 7 nitrogen and oxygen atoms in total. The summed E-state index contributed by atoms with van der Waals surface area (Å²) in [6.07, 6.45) is 0. The van der Waals surface area contributed by atoms with Crippen LogP contribution in [0.15, 0.2) is 27.8 Å². The van der Waals surface area contributed by atoms with E-state index in [2.05, 4.69) is 11.6 Å². The Bertz CT molecular complexity index is 1030. The molecule has 0 saturated heterocycles. The second kappa shape index (κ2) is 3.77. The molecule has 0 aliphatic rings. The highest BCUT2D eigenvalue weighted by molar-refractivity contribution is 5.96. The molecule has 0 atom stereocenters. The van der Waals surface area contributed by atoms with Gasteiger partial charge in [-0.1, -0.05) is 0 Å². The zero-order valence-electron chi connectivity index (χ0n) is 10.5. The Morgan fingerprint density at radius 1 is 1.25 bits per heavy atom. The molecule has 100 valence electrons. The van der Waals surface area contributed by atoms with Crippen molar-refractivity contribution in [2.45, 2.75) is 6.92 Å². The topological polar surface area (TPSA) is 97.5 Å². The van der Waals surface area contributed by atoms with Crippen LogP contribution in [0.25, 0.3) is 22.9 Å². The van der Waals surface area contributed by atoms with Crippen molar-refractivity contribution in [1.29, 1.82) is 0 Å². The van der Waals surface area contributed by atoms with Gasteiger partial charge in [-0.3, -0.25) is 14.6 Å². The van der Waals surface area contributed by atoms with E-state index in [-0.39, 0.29) is 21.8 Å². The fourth-order valence-electron chi connectivity index (χ4n) is 2.42. The van der Waals surface area contributed by atoms with Gasteiger partial charge in [-0.2, -0.15) is 4.40 Å². The molecule has 2 aromatic heterocycles. The molecule has 0 aliphatic carbocycles. The van der Waals surface area contributed by atoms with Gasteiger partial charge >= 0.3 is 5.82 Å². The number of rotatable bonds is 1. The molecule has 2 heterocycles. The van der Waals surface area contributed by atoms with Crippen LogP contribution < -0.4 is 16.5 Å². The lowest BCUT2D eigenvalue weighted by atomic mass is 10.1. The van der Waals surface area contributed by atoms with Gasteiger partial charge in [-0.15, -0.1) is 0 Å². The van der Waals surface area contributed by atoms with Gasteiger partial charge in [-0.05, 0) is 36.1 Å². The maximum Gasteiger partial charge on any atom is 0.333 e. The number of hydrogen-bond donors (Lipinski definition) is 1. The molecule has 0 amide bonds. The minimum atomic E-state index is -0.673. The SMILES string of the molecule is C=c1[nH]c(=O)c2cc(C)cc3c(=O)cc([N+](=O)[O-])n1c32. The minimum Gasteiger partial charge on any atom is -0.358 e. The average molecular weight is 271 g/mol. The third-order valence-electron chi connectivity index (χ3n) is 3.19. The monoisotopic (exact) mass is 271 g/mol. The molecule has 0 bridgehead atoms. The Morgan fingerprint density at radius 2 is 1.90 bits per heavy atom. The summed E-state index contributed by atoms with van der Waals surface area (Å²) < 4.78 is 1.19. The summed E-state index contributed by atoms with van der Waals surface area (Å²) >= 11 is 0. The largest absolute Gasteiger partial charge is 0.358 e. The summed E-state index contributed by atoms with van der Waals surface area (Å²) in [5.41, 5.74) is 0.0956. The van der Waals surface area contributed by atoms with E-state index in [1.807, 2.05) is 0 Å². The Hall–Kier alpha value is -2.96. The van der Waals surface area contributed by atoms with Gasteiger partial charge in [0.05, 0.1) is 16.8 Å². The lowest BCUT2D eigenvalue weighted by Gasteiger charge is -2.06. The maximum atomic E-state index is 12.0. The minimum absolute atomic E-state index is 0.0584. The van der Waals surface area contributed by atoms with Gasteiger partial charge in [0.1, 0.15) is 0 Å². The molecular formula is C13H9N3O4. The van der Waals surface area contributed by atoms with Crippen LogP contribution in [-0.4, -0.2) is 14.3 Å². The van der Waals surface area contributed by atoms with Crippen LogP contribution in [-0.2, 0) is 0 Å². The van der Waals surface area contributed by atoms with E-state index >= 15 is 0 Å². The highest BCUT2D eigenvalue weighted by Crippen LogP contribution is 2.20. The van der Waals surface area contributed by atoms with Gasteiger partial charge in [-0.25, -0.2) is 0 Å². The van der Waals surface area contributed by atoms with Gasteiger partial charge in [0.2, 0.25) is 0 Å². The van der Waals surface area contributed by atoms with Crippen molar-refractivity contribution in [1.82, 2.24) is 9.38 Å². The highest BCUT2D eigenvalue weighted by atomic mass is 16.6. The number of nitro groups is 1. The Labute approximate surface area is 110 Å². The van der Waals surface area contributed by atoms with Crippen LogP contribution in [0.3, 0.4) is 0 Å². The number of nitrogens with one attached hydrogen (secondary N) is 1. The van der Waals surface area contributed by atoms with Crippen molar-refractivity contribution in [3.63, 3.8) is 0 Å². The number of benzene rings is 1. The first-order chi connectivity index (χ1) is 9.40. The fraction of sp³-hybridized carbons (Fsp3) is 0.0769. The zero-order valence-corrected chi connectivity index (χ0v) is 10.5. The molecule has 3 aromatic rings. The smallest absolute Gasteiger partial charge is 0.333 e. The first-order valence-corrected chi connectivity index (χ1v) is 5.75. The Morgan fingerprint density at radius 3 is 2.55 bits per heavy atom. The van der Waals surface area contributed by atoms with Gasteiger partial charge in [0.25, 0.3) is 5.56 Å².